The number of hydrazine groups is 2. The third-order valence-corrected chi connectivity index (χ3v) is 2.91. The molecule has 2 heterocycles. The van der Waals surface area contributed by atoms with Crippen molar-refractivity contribution >= 4 is 11.4 Å². The molecule has 2 aliphatic rings. The van der Waals surface area contributed by atoms with Gasteiger partial charge in [0.25, 0.3) is 0 Å². The van der Waals surface area contributed by atoms with Crippen LogP contribution in [0.3, 0.4) is 0 Å². The molecule has 17 heavy (non-hydrogen) atoms. The van der Waals surface area contributed by atoms with Gasteiger partial charge >= 0.3 is 0 Å². The average molecular weight is 222 g/mol. The van der Waals surface area contributed by atoms with Crippen molar-refractivity contribution in [1.29, 1.82) is 0 Å². The lowest BCUT2D eigenvalue weighted by Crippen LogP contribution is -2.44. The van der Waals surface area contributed by atoms with Gasteiger partial charge < -0.3 is 0 Å². The maximum absolute atomic E-state index is 4.05. The molecule has 0 fully saturated rings. The van der Waals surface area contributed by atoms with Crippen molar-refractivity contribution in [3.8, 4) is 11.1 Å². The Morgan fingerprint density at radius 3 is 2.94 bits per heavy atom. The maximum Gasteiger partial charge on any atom is 0.101 e. The van der Waals surface area contributed by atoms with Gasteiger partial charge in [0.05, 0.1) is 5.69 Å². The van der Waals surface area contributed by atoms with Gasteiger partial charge in [-0.1, -0.05) is 36.4 Å². The fourth-order valence-corrected chi connectivity index (χ4v) is 2.18. The molecule has 0 bridgehead atoms. The molecule has 0 amide bonds. The molecule has 2 aliphatic heterocycles. The molecule has 0 saturated heterocycles. The molecule has 81 valence electrons. The van der Waals surface area contributed by atoms with E-state index >= 15 is 0 Å². The fraction of sp³-hybridized carbons (Fsp3) is 0. The molecule has 0 atom stereocenters. The van der Waals surface area contributed by atoms with Crippen molar-refractivity contribution < 1.29 is 0 Å². The van der Waals surface area contributed by atoms with Gasteiger partial charge in [-0.05, 0) is 16.5 Å². The Hall–Kier alpha value is -2.56. The summed E-state index contributed by atoms with van der Waals surface area (Å²) < 4.78 is 0. The Bertz CT molecular complexity index is 622. The number of nitrogens with zero attached hydrogens (tertiary/aromatic N) is 4. The van der Waals surface area contributed by atoms with Crippen LogP contribution in [0.4, 0.5) is 11.4 Å². The zero-order chi connectivity index (χ0) is 11.2. The van der Waals surface area contributed by atoms with E-state index in [-0.39, 0.29) is 0 Å². The summed E-state index contributed by atoms with van der Waals surface area (Å²) >= 11 is 0. The first kappa shape index (κ1) is 8.58. The molecule has 1 N–H and O–H groups in total. The van der Waals surface area contributed by atoms with Crippen LogP contribution < -0.4 is 15.8 Å². The first-order valence-corrected chi connectivity index (χ1v) is 5.32. The van der Waals surface area contributed by atoms with Gasteiger partial charge in [0.2, 0.25) is 0 Å². The first-order chi connectivity index (χ1) is 8.45. The van der Waals surface area contributed by atoms with Gasteiger partial charge in [0.1, 0.15) is 5.69 Å². The third-order valence-electron chi connectivity index (χ3n) is 2.91. The molecule has 2 aromatic carbocycles. The zero-order valence-electron chi connectivity index (χ0n) is 8.83. The van der Waals surface area contributed by atoms with E-state index in [2.05, 4.69) is 34.2 Å². The standard InChI is InChI=1S/C12H8N5/c1-3-7-11-9(5-1)10-6-2-4-8-12(10)17-15-13-14-16(11)17/h1-7H,(H,14,15). The van der Waals surface area contributed by atoms with Crippen molar-refractivity contribution in [2.45, 2.75) is 0 Å². The Kier molecular flexibility index (Phi) is 1.50. The van der Waals surface area contributed by atoms with Crippen LogP contribution in [0.15, 0.2) is 52.9 Å². The van der Waals surface area contributed by atoms with Gasteiger partial charge in [-0.25, -0.2) is 0 Å². The van der Waals surface area contributed by atoms with Crippen LogP contribution >= 0.6 is 0 Å². The number of hydrogen-bond acceptors (Lipinski definition) is 5. The van der Waals surface area contributed by atoms with Crippen LogP contribution in [-0.2, 0) is 0 Å². The van der Waals surface area contributed by atoms with E-state index in [1.165, 1.54) is 0 Å². The lowest BCUT2D eigenvalue weighted by molar-refractivity contribution is 0.715. The predicted octanol–water partition coefficient (Wildman–Crippen LogP) is 2.50. The molecule has 5 heteroatoms. The normalized spacial score (nSPS) is 15.1. The van der Waals surface area contributed by atoms with E-state index in [1.54, 1.807) is 10.2 Å². The number of benzene rings is 2. The highest BCUT2D eigenvalue weighted by atomic mass is 16.0. The van der Waals surface area contributed by atoms with Crippen molar-refractivity contribution in [3.05, 3.63) is 48.5 Å². The van der Waals surface area contributed by atoms with E-state index in [4.69, 9.17) is 0 Å². The zero-order valence-corrected chi connectivity index (χ0v) is 8.83. The molecular formula is C12H8N5. The van der Waals surface area contributed by atoms with Crippen LogP contribution in [-0.4, -0.2) is 0 Å². The number of rotatable bonds is 0. The molecule has 2 aromatic rings. The summed E-state index contributed by atoms with van der Waals surface area (Å²) in [5.74, 6) is 0. The highest BCUT2D eigenvalue weighted by molar-refractivity contribution is 5.91. The summed E-state index contributed by atoms with van der Waals surface area (Å²) in [6.07, 6.45) is 0. The summed E-state index contributed by atoms with van der Waals surface area (Å²) in [4.78, 5) is 0. The molecule has 0 unspecified atom stereocenters. The summed E-state index contributed by atoms with van der Waals surface area (Å²) in [5.41, 5.74) is 7.04. The SMILES string of the molecule is [c]1cccc2c1N1NN=NN1c1ccccc1-2. The Labute approximate surface area is 97.9 Å². The van der Waals surface area contributed by atoms with Gasteiger partial charge in [0, 0.05) is 17.2 Å². The molecule has 5 nitrogen and oxygen atoms in total. The van der Waals surface area contributed by atoms with Crippen LogP contribution in [0.25, 0.3) is 11.1 Å². The van der Waals surface area contributed by atoms with Gasteiger partial charge in [-0.2, -0.15) is 10.7 Å². The minimum absolute atomic E-state index is 0.927. The van der Waals surface area contributed by atoms with E-state index in [0.29, 0.717) is 0 Å². The Morgan fingerprint density at radius 2 is 1.94 bits per heavy atom. The van der Waals surface area contributed by atoms with Crippen LogP contribution in [0.2, 0.25) is 0 Å². The lowest BCUT2D eigenvalue weighted by atomic mass is 10.00. The smallest absolute Gasteiger partial charge is 0.101 e. The molecule has 1 radical (unpaired) electrons. The molecule has 4 rings (SSSR count). The van der Waals surface area contributed by atoms with E-state index in [0.717, 1.165) is 22.5 Å². The second-order valence-electron chi connectivity index (χ2n) is 3.84. The van der Waals surface area contributed by atoms with E-state index < -0.39 is 0 Å². The Balaban J connectivity index is 2.06. The molecular weight excluding hydrogens is 214 g/mol. The topological polar surface area (TPSA) is 43.2 Å². The number of hydrogen-bond donors (Lipinski definition) is 1. The van der Waals surface area contributed by atoms with Crippen molar-refractivity contribution in [3.63, 3.8) is 0 Å². The van der Waals surface area contributed by atoms with Crippen LogP contribution in [0, 0.1) is 6.07 Å². The summed E-state index contributed by atoms with van der Waals surface area (Å²) in [7, 11) is 0. The quantitative estimate of drug-likeness (QED) is 0.744. The largest absolute Gasteiger partial charge is 0.177 e. The fourth-order valence-electron chi connectivity index (χ4n) is 2.18. The third kappa shape index (κ3) is 1.02. The van der Waals surface area contributed by atoms with Gasteiger partial charge in [-0.15, -0.1) is 5.12 Å². The average Bonchev–Trinajstić information content (AvgIpc) is 2.89. The monoisotopic (exact) mass is 222 g/mol. The summed E-state index contributed by atoms with van der Waals surface area (Å²) in [6, 6.07) is 17.2. The highest BCUT2D eigenvalue weighted by Gasteiger charge is 2.31. The van der Waals surface area contributed by atoms with E-state index in [1.807, 2.05) is 30.3 Å². The first-order valence-electron chi connectivity index (χ1n) is 5.32. The number of nitrogens with one attached hydrogen (secondary N) is 1. The number of fused-ring (bicyclic) bond motifs is 6. The van der Waals surface area contributed by atoms with Crippen LogP contribution in [0.5, 0.6) is 0 Å². The molecule has 0 aliphatic carbocycles. The van der Waals surface area contributed by atoms with Gasteiger partial charge in [-0.3, -0.25) is 0 Å². The highest BCUT2D eigenvalue weighted by Crippen LogP contribution is 2.43. The maximum atomic E-state index is 4.05. The molecule has 0 spiro atoms. The minimum Gasteiger partial charge on any atom is -0.177 e. The summed E-state index contributed by atoms with van der Waals surface area (Å²) in [5, 5.41) is 11.4. The van der Waals surface area contributed by atoms with E-state index in [9.17, 15) is 0 Å². The van der Waals surface area contributed by atoms with Crippen molar-refractivity contribution in [2.24, 2.45) is 10.4 Å². The number of para-hydroxylation sites is 2. The van der Waals surface area contributed by atoms with Crippen molar-refractivity contribution in [1.82, 2.24) is 5.53 Å². The second kappa shape index (κ2) is 2.98. The second-order valence-corrected chi connectivity index (χ2v) is 3.84. The predicted molar refractivity (Wildman–Crippen MR) is 63.7 cm³/mol. The summed E-state index contributed by atoms with van der Waals surface area (Å²) in [6.45, 7) is 0. The van der Waals surface area contributed by atoms with Gasteiger partial charge in [0.15, 0.2) is 0 Å². The Morgan fingerprint density at radius 1 is 1.06 bits per heavy atom. The van der Waals surface area contributed by atoms with Crippen LogP contribution in [0.1, 0.15) is 0 Å². The molecule has 0 aromatic heterocycles. The van der Waals surface area contributed by atoms with Crippen molar-refractivity contribution in [2.75, 3.05) is 10.2 Å². The number of anilines is 2. The molecule has 0 saturated carbocycles. The lowest BCUT2D eigenvalue weighted by Gasteiger charge is -2.33. The minimum atomic E-state index is 0.927.